The summed E-state index contributed by atoms with van der Waals surface area (Å²) in [6, 6.07) is 6.09. The average Bonchev–Trinajstić information content (AvgIpc) is 3.21. The highest BCUT2D eigenvalue weighted by Crippen LogP contribution is 2.32. The monoisotopic (exact) mass is 417 g/mol. The van der Waals surface area contributed by atoms with Crippen LogP contribution in [0.15, 0.2) is 18.2 Å². The summed E-state index contributed by atoms with van der Waals surface area (Å²) in [4.78, 5) is 27.0. The van der Waals surface area contributed by atoms with Crippen LogP contribution in [-0.4, -0.2) is 55.6 Å². The molecule has 0 saturated heterocycles. The lowest BCUT2D eigenvalue weighted by atomic mass is 10.1. The largest absolute Gasteiger partial charge is 0.490 e. The van der Waals surface area contributed by atoms with Crippen molar-refractivity contribution in [3.63, 3.8) is 0 Å². The smallest absolute Gasteiger partial charge is 0.234 e. The maximum Gasteiger partial charge on any atom is 0.234 e. The minimum Gasteiger partial charge on any atom is -0.490 e. The molecule has 1 aliphatic heterocycles. The van der Waals surface area contributed by atoms with E-state index in [4.69, 9.17) is 9.47 Å². The molecule has 0 radical (unpaired) electrons. The number of rotatable bonds is 5. The molecule has 166 valence electrons. The van der Waals surface area contributed by atoms with Crippen LogP contribution in [0.2, 0.25) is 0 Å². The van der Waals surface area contributed by atoms with Crippen LogP contribution in [0.5, 0.6) is 11.5 Å². The van der Waals surface area contributed by atoms with E-state index < -0.39 is 0 Å². The van der Waals surface area contributed by atoms with E-state index in [9.17, 15) is 9.59 Å². The van der Waals surface area contributed by atoms with Gasteiger partial charge in [-0.25, -0.2) is 0 Å². The zero-order chi connectivity index (χ0) is 21.2. The molecule has 1 saturated carbocycles. The molecule has 0 atom stereocenters. The van der Waals surface area contributed by atoms with Gasteiger partial charge in [0, 0.05) is 24.7 Å². The van der Waals surface area contributed by atoms with Crippen molar-refractivity contribution in [3.05, 3.63) is 23.8 Å². The fourth-order valence-corrected chi connectivity index (χ4v) is 4.14. The first-order valence-corrected chi connectivity index (χ1v) is 11.3. The Hall–Kier alpha value is -2.28. The Kier molecular flexibility index (Phi) is 8.81. The number of amides is 2. The minimum absolute atomic E-state index is 0.0255. The molecule has 7 heteroatoms. The number of para-hydroxylation sites is 1. The average molecular weight is 418 g/mol. The van der Waals surface area contributed by atoms with Crippen LogP contribution in [0.4, 0.5) is 0 Å². The van der Waals surface area contributed by atoms with Crippen molar-refractivity contribution in [3.8, 4) is 11.5 Å². The number of benzene rings is 1. The molecule has 2 N–H and O–H groups in total. The molecule has 7 nitrogen and oxygen atoms in total. The quantitative estimate of drug-likeness (QED) is 0.770. The van der Waals surface area contributed by atoms with E-state index >= 15 is 0 Å². The van der Waals surface area contributed by atoms with Gasteiger partial charge < -0.3 is 20.1 Å². The van der Waals surface area contributed by atoms with Gasteiger partial charge in [0.05, 0.1) is 26.3 Å². The fourth-order valence-electron chi connectivity index (χ4n) is 4.14. The highest BCUT2D eigenvalue weighted by Gasteiger charge is 2.22. The molecule has 2 amide bonds. The molecule has 2 aliphatic rings. The molecule has 0 unspecified atom stereocenters. The molecule has 0 spiro atoms. The van der Waals surface area contributed by atoms with Gasteiger partial charge in [0.2, 0.25) is 11.8 Å². The zero-order valence-corrected chi connectivity index (χ0v) is 18.1. The summed E-state index contributed by atoms with van der Waals surface area (Å²) < 4.78 is 11.9. The van der Waals surface area contributed by atoms with Crippen molar-refractivity contribution in [2.45, 2.75) is 64.5 Å². The summed E-state index contributed by atoms with van der Waals surface area (Å²) in [5.74, 6) is 1.36. The molecule has 30 heavy (non-hydrogen) atoms. The molecule has 1 aromatic carbocycles. The predicted molar refractivity (Wildman–Crippen MR) is 116 cm³/mol. The molecule has 1 aromatic rings. The number of fused-ring (bicyclic) bond motifs is 1. The third-order valence-corrected chi connectivity index (χ3v) is 5.60. The topological polar surface area (TPSA) is 79.9 Å². The van der Waals surface area contributed by atoms with Gasteiger partial charge in [0.25, 0.3) is 0 Å². The predicted octanol–water partition coefficient (Wildman–Crippen LogP) is 2.62. The molecule has 1 aliphatic carbocycles. The first kappa shape index (κ1) is 22.4. The number of nitrogens with zero attached hydrogens (tertiary/aromatic N) is 1. The van der Waals surface area contributed by atoms with Crippen molar-refractivity contribution in [1.29, 1.82) is 0 Å². The van der Waals surface area contributed by atoms with Gasteiger partial charge in [0.15, 0.2) is 11.5 Å². The number of carbonyl (C=O) groups excluding carboxylic acids is 2. The molecule has 1 fully saturated rings. The molecular weight excluding hydrogens is 382 g/mol. The van der Waals surface area contributed by atoms with E-state index in [0.29, 0.717) is 32.1 Å². The summed E-state index contributed by atoms with van der Waals surface area (Å²) in [5, 5.41) is 6.10. The van der Waals surface area contributed by atoms with Crippen LogP contribution in [0.3, 0.4) is 0 Å². The van der Waals surface area contributed by atoms with E-state index in [1.807, 2.05) is 30.0 Å². The Balaban J connectivity index is 1.77. The Morgan fingerprint density at radius 3 is 2.83 bits per heavy atom. The lowest BCUT2D eigenvalue weighted by molar-refractivity contribution is -0.125. The fraction of sp³-hybridized carbons (Fsp3) is 0.652. The third-order valence-electron chi connectivity index (χ3n) is 5.60. The summed E-state index contributed by atoms with van der Waals surface area (Å²) in [7, 11) is 0. The number of nitrogens with one attached hydrogen (secondary N) is 2. The van der Waals surface area contributed by atoms with E-state index in [-0.39, 0.29) is 30.9 Å². The molecule has 3 rings (SSSR count). The van der Waals surface area contributed by atoms with Crippen LogP contribution in [0, 0.1) is 0 Å². The summed E-state index contributed by atoms with van der Waals surface area (Å²) >= 11 is 0. The SMILES string of the molecule is CCOc1cccc2c1OCCCCCNC(=O)CN(CC(=O)NC1CCCC1)C2. The lowest BCUT2D eigenvalue weighted by Gasteiger charge is -2.24. The van der Waals surface area contributed by atoms with Gasteiger partial charge in [-0.05, 0) is 45.1 Å². The second-order valence-corrected chi connectivity index (χ2v) is 8.13. The van der Waals surface area contributed by atoms with Gasteiger partial charge in [-0.2, -0.15) is 0 Å². The van der Waals surface area contributed by atoms with Crippen LogP contribution in [0.25, 0.3) is 0 Å². The van der Waals surface area contributed by atoms with Gasteiger partial charge in [-0.3, -0.25) is 14.5 Å². The van der Waals surface area contributed by atoms with E-state index in [0.717, 1.165) is 43.4 Å². The first-order chi connectivity index (χ1) is 14.7. The van der Waals surface area contributed by atoms with Gasteiger partial charge in [0.1, 0.15) is 0 Å². The Morgan fingerprint density at radius 2 is 2.03 bits per heavy atom. The van der Waals surface area contributed by atoms with E-state index in [2.05, 4.69) is 10.6 Å². The number of hydrogen-bond acceptors (Lipinski definition) is 5. The maximum absolute atomic E-state index is 12.6. The van der Waals surface area contributed by atoms with Crippen LogP contribution in [-0.2, 0) is 16.1 Å². The Morgan fingerprint density at radius 1 is 1.20 bits per heavy atom. The molecular formula is C23H35N3O4. The summed E-state index contributed by atoms with van der Waals surface area (Å²) in [5.41, 5.74) is 0.932. The molecule has 1 heterocycles. The molecule has 0 bridgehead atoms. The number of carbonyl (C=O) groups is 2. The minimum atomic E-state index is -0.0497. The normalized spacial score (nSPS) is 19.4. The number of hydrogen-bond donors (Lipinski definition) is 2. The van der Waals surface area contributed by atoms with Gasteiger partial charge >= 0.3 is 0 Å². The van der Waals surface area contributed by atoms with Crippen LogP contribution < -0.4 is 20.1 Å². The van der Waals surface area contributed by atoms with Gasteiger partial charge in [-0.15, -0.1) is 0 Å². The summed E-state index contributed by atoms with van der Waals surface area (Å²) in [6.07, 6.45) is 7.24. The van der Waals surface area contributed by atoms with E-state index in [1.165, 1.54) is 12.8 Å². The summed E-state index contributed by atoms with van der Waals surface area (Å²) in [6.45, 7) is 4.56. The highest BCUT2D eigenvalue weighted by molar-refractivity contribution is 5.81. The van der Waals surface area contributed by atoms with Crippen molar-refractivity contribution >= 4 is 11.8 Å². The van der Waals surface area contributed by atoms with E-state index in [1.54, 1.807) is 0 Å². The maximum atomic E-state index is 12.6. The highest BCUT2D eigenvalue weighted by atomic mass is 16.5. The standard InChI is InChI=1S/C23H35N3O4/c1-2-29-20-12-8-9-18-15-26(17-22(28)25-19-10-4-5-11-19)16-21(27)24-13-6-3-7-14-30-23(18)20/h8-9,12,19H,2-7,10-11,13-17H2,1H3,(H,24,27)(H,25,28). The van der Waals surface area contributed by atoms with Gasteiger partial charge in [-0.1, -0.05) is 25.0 Å². The second kappa shape index (κ2) is 11.8. The zero-order valence-electron chi connectivity index (χ0n) is 18.1. The van der Waals surface area contributed by atoms with Crippen molar-refractivity contribution in [2.75, 3.05) is 32.8 Å². The van der Waals surface area contributed by atoms with Crippen molar-refractivity contribution in [2.24, 2.45) is 0 Å². The number of ether oxygens (including phenoxy) is 2. The first-order valence-electron chi connectivity index (χ1n) is 11.3. The second-order valence-electron chi connectivity index (χ2n) is 8.13. The van der Waals surface area contributed by atoms with Crippen LogP contribution >= 0.6 is 0 Å². The molecule has 0 aromatic heterocycles. The lowest BCUT2D eigenvalue weighted by Crippen LogP contribution is -2.44. The Labute approximate surface area is 179 Å². The van der Waals surface area contributed by atoms with Crippen molar-refractivity contribution in [1.82, 2.24) is 15.5 Å². The van der Waals surface area contributed by atoms with Crippen LogP contribution in [0.1, 0.15) is 57.4 Å². The van der Waals surface area contributed by atoms with Crippen molar-refractivity contribution < 1.29 is 19.1 Å². The Bertz CT molecular complexity index is 704. The third kappa shape index (κ3) is 6.90.